The Hall–Kier alpha value is -1.59. The van der Waals surface area contributed by atoms with E-state index in [9.17, 15) is 4.79 Å². The Morgan fingerprint density at radius 2 is 1.90 bits per heavy atom. The van der Waals surface area contributed by atoms with Crippen molar-refractivity contribution in [3.63, 3.8) is 0 Å². The minimum absolute atomic E-state index is 0.00490. The van der Waals surface area contributed by atoms with Gasteiger partial charge in [0, 0.05) is 13.1 Å². The molecule has 0 heterocycles. The van der Waals surface area contributed by atoms with Crippen LogP contribution in [0.25, 0.3) is 0 Å². The number of hydrogen-bond acceptors (Lipinski definition) is 5. The number of Topliss-reactive ketones (excluding diaryl/α,β-unsaturated/α-hetero) is 1. The lowest BCUT2D eigenvalue weighted by Crippen LogP contribution is -2.34. The smallest absolute Gasteiger partial charge is 0.180 e. The van der Waals surface area contributed by atoms with Crippen molar-refractivity contribution in [1.82, 2.24) is 10.2 Å². The molecule has 0 spiro atoms. The first-order chi connectivity index (χ1) is 10.2. The van der Waals surface area contributed by atoms with E-state index < -0.39 is 0 Å². The lowest BCUT2D eigenvalue weighted by molar-refractivity contribution is 0.0987. The maximum atomic E-state index is 12.3. The Morgan fingerprint density at radius 1 is 1.19 bits per heavy atom. The third-order valence-corrected chi connectivity index (χ3v) is 3.49. The van der Waals surface area contributed by atoms with Crippen molar-refractivity contribution >= 4 is 5.78 Å². The van der Waals surface area contributed by atoms with Gasteiger partial charge in [-0.15, -0.1) is 0 Å². The average molecular weight is 294 g/mol. The molecule has 5 nitrogen and oxygen atoms in total. The largest absolute Gasteiger partial charge is 0.497 e. The number of hydrogen-bond donors (Lipinski definition) is 1. The van der Waals surface area contributed by atoms with Gasteiger partial charge in [0.25, 0.3) is 0 Å². The summed E-state index contributed by atoms with van der Waals surface area (Å²) in [5.41, 5.74) is 0.548. The number of rotatable bonds is 10. The molecule has 1 N–H and O–H groups in total. The maximum absolute atomic E-state index is 12.3. The Bertz CT molecular complexity index is 445. The van der Waals surface area contributed by atoms with Crippen molar-refractivity contribution in [2.75, 3.05) is 46.9 Å². The molecule has 1 rings (SSSR count). The number of methoxy groups -OCH3 is 2. The van der Waals surface area contributed by atoms with Crippen molar-refractivity contribution in [1.29, 1.82) is 0 Å². The van der Waals surface area contributed by atoms with Crippen molar-refractivity contribution in [3.05, 3.63) is 23.8 Å². The molecule has 0 aromatic heterocycles. The fourth-order valence-electron chi connectivity index (χ4n) is 2.11. The first-order valence-electron chi connectivity index (χ1n) is 7.34. The fourth-order valence-corrected chi connectivity index (χ4v) is 2.11. The van der Waals surface area contributed by atoms with E-state index in [1.165, 1.54) is 0 Å². The fraction of sp³-hybridized carbons (Fsp3) is 0.562. The van der Waals surface area contributed by atoms with Crippen LogP contribution in [0.5, 0.6) is 11.5 Å². The van der Waals surface area contributed by atoms with Crippen molar-refractivity contribution in [3.8, 4) is 11.5 Å². The van der Waals surface area contributed by atoms with Crippen molar-refractivity contribution < 1.29 is 14.3 Å². The molecule has 0 atom stereocenters. The van der Waals surface area contributed by atoms with Gasteiger partial charge in [-0.25, -0.2) is 0 Å². The number of nitrogens with zero attached hydrogens (tertiary/aromatic N) is 1. The van der Waals surface area contributed by atoms with Crippen LogP contribution in [0, 0.1) is 0 Å². The highest BCUT2D eigenvalue weighted by Gasteiger charge is 2.13. The SMILES string of the molecule is CCN(CC)CCNCC(=O)c1cc(OC)ccc1OC. The Balaban J connectivity index is 2.55. The van der Waals surface area contributed by atoms with Gasteiger partial charge in [-0.1, -0.05) is 13.8 Å². The van der Waals surface area contributed by atoms with E-state index in [0.29, 0.717) is 23.6 Å². The van der Waals surface area contributed by atoms with Crippen molar-refractivity contribution in [2.24, 2.45) is 0 Å². The van der Waals surface area contributed by atoms with Crippen LogP contribution in [-0.4, -0.2) is 57.6 Å². The summed E-state index contributed by atoms with van der Waals surface area (Å²) in [6, 6.07) is 5.25. The predicted molar refractivity (Wildman–Crippen MR) is 84.5 cm³/mol. The minimum atomic E-state index is 0.00490. The van der Waals surface area contributed by atoms with E-state index in [0.717, 1.165) is 26.2 Å². The Kier molecular flexibility index (Phi) is 7.79. The van der Waals surface area contributed by atoms with Crippen LogP contribution in [0.4, 0.5) is 0 Å². The molecule has 118 valence electrons. The third kappa shape index (κ3) is 5.36. The third-order valence-electron chi connectivity index (χ3n) is 3.49. The Labute approximate surface area is 127 Å². The van der Waals surface area contributed by atoms with Crippen LogP contribution in [0.2, 0.25) is 0 Å². The summed E-state index contributed by atoms with van der Waals surface area (Å²) < 4.78 is 10.4. The summed E-state index contributed by atoms with van der Waals surface area (Å²) in [7, 11) is 3.14. The molecule has 0 saturated heterocycles. The molecule has 0 saturated carbocycles. The summed E-state index contributed by atoms with van der Waals surface area (Å²) in [6.45, 7) is 8.34. The number of benzene rings is 1. The highest BCUT2D eigenvalue weighted by Crippen LogP contribution is 2.24. The molecule has 1 aromatic rings. The number of ketones is 1. The summed E-state index contributed by atoms with van der Waals surface area (Å²) in [4.78, 5) is 14.6. The molecule has 0 amide bonds. The zero-order valence-electron chi connectivity index (χ0n) is 13.4. The topological polar surface area (TPSA) is 50.8 Å². The summed E-state index contributed by atoms with van der Waals surface area (Å²) in [6.07, 6.45) is 0. The van der Waals surface area contributed by atoms with Crippen LogP contribution in [0.15, 0.2) is 18.2 Å². The zero-order valence-corrected chi connectivity index (χ0v) is 13.4. The van der Waals surface area contributed by atoms with Crippen LogP contribution in [0.3, 0.4) is 0 Å². The molecule has 0 aliphatic carbocycles. The predicted octanol–water partition coefficient (Wildman–Crippen LogP) is 1.82. The lowest BCUT2D eigenvalue weighted by atomic mass is 10.1. The molecule has 0 aliphatic rings. The summed E-state index contributed by atoms with van der Waals surface area (Å²) >= 11 is 0. The van der Waals surface area contributed by atoms with Crippen LogP contribution < -0.4 is 14.8 Å². The first kappa shape index (κ1) is 17.5. The molecule has 0 unspecified atom stereocenters. The number of carbonyl (C=O) groups is 1. The molecule has 1 aromatic carbocycles. The molecule has 5 heteroatoms. The van der Waals surface area contributed by atoms with E-state index >= 15 is 0 Å². The highest BCUT2D eigenvalue weighted by molar-refractivity contribution is 6.00. The number of ether oxygens (including phenoxy) is 2. The molecular weight excluding hydrogens is 268 g/mol. The quantitative estimate of drug-likeness (QED) is 0.527. The normalized spacial score (nSPS) is 10.7. The van der Waals surface area contributed by atoms with Crippen LogP contribution in [-0.2, 0) is 0 Å². The molecular formula is C16H26N2O3. The van der Waals surface area contributed by atoms with Gasteiger partial charge in [0.05, 0.1) is 26.3 Å². The first-order valence-corrected chi connectivity index (χ1v) is 7.34. The number of likely N-dealkylation sites (N-methyl/N-ethyl adjacent to an activating group) is 1. The molecule has 0 bridgehead atoms. The van der Waals surface area contributed by atoms with Gasteiger partial charge in [-0.3, -0.25) is 4.79 Å². The van der Waals surface area contributed by atoms with Gasteiger partial charge in [0.1, 0.15) is 11.5 Å². The van der Waals surface area contributed by atoms with Crippen LogP contribution in [0.1, 0.15) is 24.2 Å². The minimum Gasteiger partial charge on any atom is -0.497 e. The molecule has 0 aliphatic heterocycles. The van der Waals surface area contributed by atoms with Gasteiger partial charge in [0.2, 0.25) is 0 Å². The summed E-state index contributed by atoms with van der Waals surface area (Å²) in [5.74, 6) is 1.24. The maximum Gasteiger partial charge on any atom is 0.180 e. The van der Waals surface area contributed by atoms with Gasteiger partial charge < -0.3 is 19.7 Å². The lowest BCUT2D eigenvalue weighted by Gasteiger charge is -2.18. The van der Waals surface area contributed by atoms with Gasteiger partial charge in [-0.2, -0.15) is 0 Å². The van der Waals surface area contributed by atoms with E-state index in [2.05, 4.69) is 24.1 Å². The Morgan fingerprint density at radius 3 is 2.48 bits per heavy atom. The highest BCUT2D eigenvalue weighted by atomic mass is 16.5. The van der Waals surface area contributed by atoms with E-state index in [1.54, 1.807) is 32.4 Å². The van der Waals surface area contributed by atoms with Crippen molar-refractivity contribution in [2.45, 2.75) is 13.8 Å². The van der Waals surface area contributed by atoms with E-state index in [1.807, 2.05) is 0 Å². The zero-order chi connectivity index (χ0) is 15.7. The van der Waals surface area contributed by atoms with Gasteiger partial charge in [-0.05, 0) is 31.3 Å². The molecule has 0 fully saturated rings. The standard InChI is InChI=1S/C16H26N2O3/c1-5-18(6-2)10-9-17-12-15(19)14-11-13(20-3)7-8-16(14)21-4/h7-8,11,17H,5-6,9-10,12H2,1-4H3. The second kappa shape index (κ2) is 9.37. The number of nitrogens with one attached hydrogen (secondary N) is 1. The van der Waals surface area contributed by atoms with E-state index in [-0.39, 0.29) is 5.78 Å². The second-order valence-electron chi connectivity index (χ2n) is 4.69. The van der Waals surface area contributed by atoms with Gasteiger partial charge in [0.15, 0.2) is 5.78 Å². The second-order valence-corrected chi connectivity index (χ2v) is 4.69. The molecule has 0 radical (unpaired) electrons. The van der Waals surface area contributed by atoms with Gasteiger partial charge >= 0.3 is 0 Å². The number of carbonyl (C=O) groups excluding carboxylic acids is 1. The molecule has 21 heavy (non-hydrogen) atoms. The van der Waals surface area contributed by atoms with E-state index in [4.69, 9.17) is 9.47 Å². The monoisotopic (exact) mass is 294 g/mol. The van der Waals surface area contributed by atoms with Crippen LogP contribution >= 0.6 is 0 Å². The average Bonchev–Trinajstić information content (AvgIpc) is 2.54. The summed E-state index contributed by atoms with van der Waals surface area (Å²) in [5, 5.41) is 3.18.